The van der Waals surface area contributed by atoms with Crippen molar-refractivity contribution in [3.05, 3.63) is 11.9 Å². The minimum atomic E-state index is -0.204. The maximum absolute atomic E-state index is 11.2. The summed E-state index contributed by atoms with van der Waals surface area (Å²) in [7, 11) is 0. The normalized spacial score (nSPS) is 16.9. The van der Waals surface area contributed by atoms with Gasteiger partial charge in [-0.25, -0.2) is 9.97 Å². The van der Waals surface area contributed by atoms with Gasteiger partial charge in [0, 0.05) is 31.0 Å². The van der Waals surface area contributed by atoms with Crippen molar-refractivity contribution >= 4 is 17.5 Å². The first-order valence-electron chi connectivity index (χ1n) is 6.66. The van der Waals surface area contributed by atoms with Gasteiger partial charge in [0.2, 0.25) is 5.91 Å². The number of primary amides is 1. The number of anilines is 2. The highest BCUT2D eigenvalue weighted by atomic mass is 16.1. The highest BCUT2D eigenvalue weighted by Gasteiger charge is 2.24. The summed E-state index contributed by atoms with van der Waals surface area (Å²) in [5, 5.41) is 0. The van der Waals surface area contributed by atoms with Crippen LogP contribution in [0.3, 0.4) is 0 Å². The van der Waals surface area contributed by atoms with E-state index in [0.29, 0.717) is 5.82 Å². The first-order chi connectivity index (χ1) is 8.97. The van der Waals surface area contributed by atoms with Crippen LogP contribution in [-0.2, 0) is 4.79 Å². The summed E-state index contributed by atoms with van der Waals surface area (Å²) in [4.78, 5) is 22.1. The van der Waals surface area contributed by atoms with E-state index in [4.69, 9.17) is 11.5 Å². The van der Waals surface area contributed by atoms with Crippen LogP contribution in [0.4, 0.5) is 11.6 Å². The maximum atomic E-state index is 11.2. The Bertz CT molecular complexity index is 466. The molecule has 1 amide bonds. The molecule has 0 aliphatic carbocycles. The van der Waals surface area contributed by atoms with Crippen LogP contribution in [0.2, 0.25) is 0 Å². The average molecular weight is 263 g/mol. The van der Waals surface area contributed by atoms with Crippen molar-refractivity contribution in [2.24, 2.45) is 11.7 Å². The first-order valence-corrected chi connectivity index (χ1v) is 6.66. The lowest BCUT2D eigenvalue weighted by Gasteiger charge is -2.31. The maximum Gasteiger partial charge on any atom is 0.220 e. The molecule has 0 aromatic carbocycles. The zero-order valence-electron chi connectivity index (χ0n) is 11.5. The lowest BCUT2D eigenvalue weighted by Crippen LogP contribution is -2.39. The molecule has 2 heterocycles. The first kappa shape index (κ1) is 13.6. The molecule has 1 aromatic rings. The second-order valence-electron chi connectivity index (χ2n) is 5.33. The van der Waals surface area contributed by atoms with Gasteiger partial charge < -0.3 is 16.4 Å². The Labute approximate surface area is 113 Å². The van der Waals surface area contributed by atoms with Crippen LogP contribution < -0.4 is 16.4 Å². The number of aromatic nitrogens is 2. The van der Waals surface area contributed by atoms with Crippen LogP contribution in [0.15, 0.2) is 6.07 Å². The van der Waals surface area contributed by atoms with Crippen molar-refractivity contribution in [1.29, 1.82) is 0 Å². The van der Waals surface area contributed by atoms with Crippen LogP contribution in [0.25, 0.3) is 0 Å². The smallest absolute Gasteiger partial charge is 0.220 e. The zero-order valence-corrected chi connectivity index (χ0v) is 11.5. The fourth-order valence-corrected chi connectivity index (χ4v) is 2.28. The molecular weight excluding hydrogens is 242 g/mol. The van der Waals surface area contributed by atoms with Crippen molar-refractivity contribution < 1.29 is 4.79 Å². The van der Waals surface area contributed by atoms with Gasteiger partial charge in [-0.05, 0) is 12.8 Å². The van der Waals surface area contributed by atoms with E-state index < -0.39 is 0 Å². The van der Waals surface area contributed by atoms with Crippen LogP contribution in [0.5, 0.6) is 0 Å². The van der Waals surface area contributed by atoms with Gasteiger partial charge in [0.05, 0.1) is 0 Å². The molecule has 19 heavy (non-hydrogen) atoms. The minimum Gasteiger partial charge on any atom is -0.384 e. The highest BCUT2D eigenvalue weighted by Crippen LogP contribution is 2.24. The summed E-state index contributed by atoms with van der Waals surface area (Å²) in [5.41, 5.74) is 11.2. The van der Waals surface area contributed by atoms with Gasteiger partial charge in [-0.2, -0.15) is 0 Å². The Hall–Kier alpha value is -1.85. The van der Waals surface area contributed by atoms with Gasteiger partial charge >= 0.3 is 0 Å². The van der Waals surface area contributed by atoms with Crippen molar-refractivity contribution in [1.82, 2.24) is 9.97 Å². The predicted molar refractivity (Wildman–Crippen MR) is 74.7 cm³/mol. The lowest BCUT2D eigenvalue weighted by molar-refractivity contribution is -0.122. The number of hydrogen-bond acceptors (Lipinski definition) is 5. The largest absolute Gasteiger partial charge is 0.384 e. The Morgan fingerprint density at radius 2 is 2.00 bits per heavy atom. The molecule has 0 spiro atoms. The second kappa shape index (κ2) is 5.42. The molecule has 2 rings (SSSR count). The number of nitrogen functional groups attached to an aromatic ring is 1. The van der Waals surface area contributed by atoms with Crippen molar-refractivity contribution in [3.63, 3.8) is 0 Å². The molecule has 104 valence electrons. The Kier molecular flexibility index (Phi) is 3.87. The third-order valence-corrected chi connectivity index (χ3v) is 3.49. The predicted octanol–water partition coefficient (Wildman–Crippen LogP) is 0.884. The molecule has 1 saturated heterocycles. The third-order valence-electron chi connectivity index (χ3n) is 3.49. The lowest BCUT2D eigenvalue weighted by atomic mass is 9.96. The molecule has 1 fully saturated rings. The number of nitrogens with zero attached hydrogens (tertiary/aromatic N) is 3. The Morgan fingerprint density at radius 3 is 2.53 bits per heavy atom. The van der Waals surface area contributed by atoms with E-state index in [2.05, 4.69) is 14.9 Å². The van der Waals surface area contributed by atoms with Crippen LogP contribution in [0, 0.1) is 5.92 Å². The highest BCUT2D eigenvalue weighted by molar-refractivity contribution is 5.77. The molecule has 0 unspecified atom stereocenters. The Morgan fingerprint density at radius 1 is 1.37 bits per heavy atom. The molecule has 0 radical (unpaired) electrons. The second-order valence-corrected chi connectivity index (χ2v) is 5.33. The van der Waals surface area contributed by atoms with Crippen LogP contribution in [0.1, 0.15) is 38.4 Å². The summed E-state index contributed by atoms with van der Waals surface area (Å²) in [6.45, 7) is 5.64. The van der Waals surface area contributed by atoms with Gasteiger partial charge in [0.15, 0.2) is 0 Å². The summed E-state index contributed by atoms with van der Waals surface area (Å²) < 4.78 is 0. The molecule has 4 N–H and O–H groups in total. The van der Waals surface area contributed by atoms with E-state index >= 15 is 0 Å². The molecule has 6 nitrogen and oxygen atoms in total. The minimum absolute atomic E-state index is 0.0139. The van der Waals surface area contributed by atoms with Crippen LogP contribution >= 0.6 is 0 Å². The number of carbonyl (C=O) groups is 1. The van der Waals surface area contributed by atoms with Crippen molar-refractivity contribution in [3.8, 4) is 0 Å². The van der Waals surface area contributed by atoms with E-state index in [0.717, 1.165) is 37.6 Å². The molecule has 0 saturated carbocycles. The number of piperidine rings is 1. The van der Waals surface area contributed by atoms with E-state index in [9.17, 15) is 4.79 Å². The van der Waals surface area contributed by atoms with Crippen molar-refractivity contribution in [2.45, 2.75) is 32.6 Å². The van der Waals surface area contributed by atoms with Gasteiger partial charge in [-0.15, -0.1) is 0 Å². The standard InChI is InChI=1S/C13H21N5O/c1-8(2)13-16-10(14)7-11(17-13)18-5-3-9(4-6-18)12(15)19/h7-9H,3-6H2,1-2H3,(H2,15,19)(H2,14,16,17). The van der Waals surface area contributed by atoms with E-state index in [1.165, 1.54) is 0 Å². The summed E-state index contributed by atoms with van der Waals surface area (Å²) in [5.74, 6) is 2.12. The average Bonchev–Trinajstić information content (AvgIpc) is 2.38. The molecule has 6 heteroatoms. The van der Waals surface area contributed by atoms with E-state index in [1.54, 1.807) is 6.07 Å². The molecule has 0 bridgehead atoms. The number of rotatable bonds is 3. The fourth-order valence-electron chi connectivity index (χ4n) is 2.28. The molecule has 0 atom stereocenters. The summed E-state index contributed by atoms with van der Waals surface area (Å²) >= 11 is 0. The van der Waals surface area contributed by atoms with E-state index in [1.807, 2.05) is 13.8 Å². The van der Waals surface area contributed by atoms with Gasteiger partial charge in [0.25, 0.3) is 0 Å². The van der Waals surface area contributed by atoms with Gasteiger partial charge in [-0.1, -0.05) is 13.8 Å². The monoisotopic (exact) mass is 263 g/mol. The van der Waals surface area contributed by atoms with Crippen molar-refractivity contribution in [2.75, 3.05) is 23.7 Å². The van der Waals surface area contributed by atoms with E-state index in [-0.39, 0.29) is 17.7 Å². The third kappa shape index (κ3) is 3.13. The molecular formula is C13H21N5O. The molecule has 1 aliphatic rings. The summed E-state index contributed by atoms with van der Waals surface area (Å²) in [6.07, 6.45) is 1.55. The molecule has 1 aliphatic heterocycles. The number of carbonyl (C=O) groups excluding carboxylic acids is 1. The fraction of sp³-hybridized carbons (Fsp3) is 0.615. The zero-order chi connectivity index (χ0) is 14.0. The number of nitrogens with two attached hydrogens (primary N) is 2. The quantitative estimate of drug-likeness (QED) is 0.843. The number of hydrogen-bond donors (Lipinski definition) is 2. The SMILES string of the molecule is CC(C)c1nc(N)cc(N2CCC(C(N)=O)CC2)n1. The Balaban J connectivity index is 2.13. The van der Waals surface area contributed by atoms with Crippen LogP contribution in [-0.4, -0.2) is 29.0 Å². The number of amides is 1. The van der Waals surface area contributed by atoms with Gasteiger partial charge in [0.1, 0.15) is 17.5 Å². The molecule has 1 aromatic heterocycles. The van der Waals surface area contributed by atoms with Gasteiger partial charge in [-0.3, -0.25) is 4.79 Å². The summed E-state index contributed by atoms with van der Waals surface area (Å²) in [6, 6.07) is 1.79. The topological polar surface area (TPSA) is 98.1 Å².